The topological polar surface area (TPSA) is 58.8 Å². The van der Waals surface area contributed by atoms with Gasteiger partial charge < -0.3 is 4.74 Å². The number of benzene rings is 1. The van der Waals surface area contributed by atoms with Crippen LogP contribution >= 0.6 is 0 Å². The molecule has 0 saturated carbocycles. The summed E-state index contributed by atoms with van der Waals surface area (Å²) in [5.74, 6) is 0.747. The molecule has 0 aliphatic carbocycles. The average Bonchev–Trinajstić information content (AvgIpc) is 2.55. The lowest BCUT2D eigenvalue weighted by molar-refractivity contribution is 0.388. The van der Waals surface area contributed by atoms with Crippen molar-refractivity contribution in [2.24, 2.45) is 0 Å². The zero-order valence-electron chi connectivity index (χ0n) is 12.4. The van der Waals surface area contributed by atoms with Crippen LogP contribution in [0.1, 0.15) is 31.0 Å². The maximum Gasteiger partial charge on any atom is 0.123 e. The van der Waals surface area contributed by atoms with Crippen molar-refractivity contribution in [2.45, 2.75) is 31.6 Å². The molecule has 0 fully saturated rings. The molecule has 2 aromatic rings. The molecule has 2 rings (SSSR count). The number of para-hydroxylation sites is 1. The highest BCUT2D eigenvalue weighted by atomic mass is 16.5. The lowest BCUT2D eigenvalue weighted by atomic mass is 9.74. The minimum Gasteiger partial charge on any atom is -0.496 e. The van der Waals surface area contributed by atoms with Gasteiger partial charge in [0.2, 0.25) is 0 Å². The van der Waals surface area contributed by atoms with Gasteiger partial charge in [-0.2, -0.15) is 5.26 Å². The Labute approximate surface area is 125 Å². The number of hydrogen-bond acceptors (Lipinski definition) is 4. The summed E-state index contributed by atoms with van der Waals surface area (Å²) in [6, 6.07) is 10.2. The Balaban J connectivity index is 2.49. The first kappa shape index (κ1) is 15.0. The van der Waals surface area contributed by atoms with Gasteiger partial charge in [-0.05, 0) is 12.5 Å². The SMILES string of the molecule is CCCC(C#N)(Cc1cnccn1)c1ccccc1OC. The van der Waals surface area contributed by atoms with Crippen LogP contribution in [-0.2, 0) is 11.8 Å². The number of nitriles is 1. The van der Waals surface area contributed by atoms with Crippen LogP contribution < -0.4 is 4.74 Å². The van der Waals surface area contributed by atoms with E-state index in [1.165, 1.54) is 0 Å². The van der Waals surface area contributed by atoms with Gasteiger partial charge >= 0.3 is 0 Å². The van der Waals surface area contributed by atoms with Crippen molar-refractivity contribution in [3.05, 3.63) is 54.1 Å². The molecule has 0 N–H and O–H groups in total. The summed E-state index contributed by atoms with van der Waals surface area (Å²) >= 11 is 0. The van der Waals surface area contributed by atoms with E-state index in [0.717, 1.165) is 29.8 Å². The van der Waals surface area contributed by atoms with E-state index >= 15 is 0 Å². The summed E-state index contributed by atoms with van der Waals surface area (Å²) in [6.45, 7) is 2.08. The monoisotopic (exact) mass is 281 g/mol. The van der Waals surface area contributed by atoms with Crippen molar-refractivity contribution in [3.63, 3.8) is 0 Å². The quantitative estimate of drug-likeness (QED) is 0.815. The molecule has 0 radical (unpaired) electrons. The molecule has 0 amide bonds. The van der Waals surface area contributed by atoms with Gasteiger partial charge in [0.25, 0.3) is 0 Å². The summed E-state index contributed by atoms with van der Waals surface area (Å²) in [5.41, 5.74) is 1.10. The number of rotatable bonds is 6. The maximum absolute atomic E-state index is 9.89. The van der Waals surface area contributed by atoms with Crippen LogP contribution in [0.25, 0.3) is 0 Å². The van der Waals surface area contributed by atoms with E-state index in [0.29, 0.717) is 6.42 Å². The number of nitrogens with zero attached hydrogens (tertiary/aromatic N) is 3. The van der Waals surface area contributed by atoms with E-state index in [4.69, 9.17) is 4.74 Å². The third kappa shape index (κ3) is 3.19. The predicted octanol–water partition coefficient (Wildman–Crippen LogP) is 3.29. The molecule has 0 spiro atoms. The highest BCUT2D eigenvalue weighted by Gasteiger charge is 2.35. The van der Waals surface area contributed by atoms with Crippen LogP contribution in [0.3, 0.4) is 0 Å². The Morgan fingerprint density at radius 2 is 2.10 bits per heavy atom. The Morgan fingerprint density at radius 3 is 2.71 bits per heavy atom. The first-order chi connectivity index (χ1) is 10.3. The smallest absolute Gasteiger partial charge is 0.123 e. The minimum atomic E-state index is -0.641. The number of methoxy groups -OCH3 is 1. The molecule has 0 saturated heterocycles. The summed E-state index contributed by atoms with van der Waals surface area (Å²) in [6.07, 6.45) is 7.21. The summed E-state index contributed by atoms with van der Waals surface area (Å²) in [5, 5.41) is 9.89. The van der Waals surface area contributed by atoms with E-state index in [1.807, 2.05) is 24.3 Å². The number of ether oxygens (including phenoxy) is 1. The molecule has 108 valence electrons. The molecule has 1 unspecified atom stereocenters. The highest BCUT2D eigenvalue weighted by Crippen LogP contribution is 2.37. The molecular formula is C17H19N3O. The molecule has 1 heterocycles. The molecule has 1 aromatic carbocycles. The zero-order valence-corrected chi connectivity index (χ0v) is 12.4. The van der Waals surface area contributed by atoms with Crippen molar-refractivity contribution in [3.8, 4) is 11.8 Å². The van der Waals surface area contributed by atoms with Gasteiger partial charge in [-0.25, -0.2) is 0 Å². The van der Waals surface area contributed by atoms with E-state index < -0.39 is 5.41 Å². The largest absolute Gasteiger partial charge is 0.496 e. The average molecular weight is 281 g/mol. The van der Waals surface area contributed by atoms with Crippen LogP contribution in [0.4, 0.5) is 0 Å². The molecule has 1 aromatic heterocycles. The maximum atomic E-state index is 9.89. The standard InChI is InChI=1S/C17H19N3O/c1-3-8-17(13-18,11-14-12-19-9-10-20-14)15-6-4-5-7-16(15)21-2/h4-7,9-10,12H,3,8,11H2,1-2H3. The van der Waals surface area contributed by atoms with E-state index in [9.17, 15) is 5.26 Å². The number of hydrogen-bond donors (Lipinski definition) is 0. The Kier molecular flexibility index (Phi) is 4.89. The van der Waals surface area contributed by atoms with Crippen LogP contribution in [0.5, 0.6) is 5.75 Å². The van der Waals surface area contributed by atoms with Gasteiger partial charge in [-0.15, -0.1) is 0 Å². The molecule has 21 heavy (non-hydrogen) atoms. The first-order valence-corrected chi connectivity index (χ1v) is 7.05. The minimum absolute atomic E-state index is 0.533. The van der Waals surface area contributed by atoms with Crippen LogP contribution in [-0.4, -0.2) is 17.1 Å². The van der Waals surface area contributed by atoms with E-state index in [2.05, 4.69) is 23.0 Å². The molecule has 4 heteroatoms. The molecule has 4 nitrogen and oxygen atoms in total. The van der Waals surface area contributed by atoms with Crippen molar-refractivity contribution in [1.29, 1.82) is 5.26 Å². The fourth-order valence-corrected chi connectivity index (χ4v) is 2.67. The highest BCUT2D eigenvalue weighted by molar-refractivity contribution is 5.44. The fraction of sp³-hybridized carbons (Fsp3) is 0.353. The predicted molar refractivity (Wildman–Crippen MR) is 80.9 cm³/mol. The molecule has 0 aliphatic rings. The molecule has 1 atom stereocenters. The van der Waals surface area contributed by atoms with Gasteiger partial charge in [-0.3, -0.25) is 9.97 Å². The summed E-state index contributed by atoms with van der Waals surface area (Å²) in [4.78, 5) is 8.42. The second kappa shape index (κ2) is 6.85. The Hall–Kier alpha value is -2.41. The third-order valence-electron chi connectivity index (χ3n) is 3.61. The van der Waals surface area contributed by atoms with Crippen LogP contribution in [0, 0.1) is 11.3 Å². The van der Waals surface area contributed by atoms with Crippen LogP contribution in [0.15, 0.2) is 42.9 Å². The third-order valence-corrected chi connectivity index (χ3v) is 3.61. The summed E-state index contributed by atoms with van der Waals surface area (Å²) < 4.78 is 5.45. The van der Waals surface area contributed by atoms with E-state index in [1.54, 1.807) is 25.7 Å². The van der Waals surface area contributed by atoms with Gasteiger partial charge in [0, 0.05) is 30.6 Å². The molecule has 0 aliphatic heterocycles. The Bertz CT molecular complexity index is 621. The zero-order chi connectivity index (χ0) is 15.1. The molecule has 0 bridgehead atoms. The number of aromatic nitrogens is 2. The lowest BCUT2D eigenvalue weighted by Crippen LogP contribution is -2.28. The summed E-state index contributed by atoms with van der Waals surface area (Å²) in [7, 11) is 1.63. The van der Waals surface area contributed by atoms with Crippen molar-refractivity contribution >= 4 is 0 Å². The fourth-order valence-electron chi connectivity index (χ4n) is 2.67. The van der Waals surface area contributed by atoms with E-state index in [-0.39, 0.29) is 0 Å². The van der Waals surface area contributed by atoms with Crippen molar-refractivity contribution in [1.82, 2.24) is 9.97 Å². The van der Waals surface area contributed by atoms with Gasteiger partial charge in [0.05, 0.1) is 24.3 Å². The molecular weight excluding hydrogens is 262 g/mol. The van der Waals surface area contributed by atoms with Crippen molar-refractivity contribution < 1.29 is 4.74 Å². The van der Waals surface area contributed by atoms with Gasteiger partial charge in [-0.1, -0.05) is 31.5 Å². The van der Waals surface area contributed by atoms with Gasteiger partial charge in [0.15, 0.2) is 0 Å². The van der Waals surface area contributed by atoms with Gasteiger partial charge in [0.1, 0.15) is 5.75 Å². The van der Waals surface area contributed by atoms with Crippen LogP contribution in [0.2, 0.25) is 0 Å². The Morgan fingerprint density at radius 1 is 1.29 bits per heavy atom. The lowest BCUT2D eigenvalue weighted by Gasteiger charge is -2.28. The second-order valence-electron chi connectivity index (χ2n) is 5.02. The second-order valence-corrected chi connectivity index (χ2v) is 5.02. The normalized spacial score (nSPS) is 13.2. The van der Waals surface area contributed by atoms with Crippen molar-refractivity contribution in [2.75, 3.05) is 7.11 Å². The first-order valence-electron chi connectivity index (χ1n) is 7.05.